The number of aryl methyl sites for hydroxylation is 1. The Morgan fingerprint density at radius 1 is 1.24 bits per heavy atom. The molecule has 0 saturated carbocycles. The molecule has 1 aliphatic heterocycles. The van der Waals surface area contributed by atoms with Crippen LogP contribution in [0.5, 0.6) is 0 Å². The standard InChI is InChI=1S/C12H13ClN2O2/c1-12(10(16)14-11(17)15-12)7-6-8-2-4-9(13)5-3-8/h2-5H,6-7H2,1H3,(H2,14,15,16,17). The quantitative estimate of drug-likeness (QED) is 0.807. The molecule has 1 aromatic rings. The zero-order valence-corrected chi connectivity index (χ0v) is 10.2. The van der Waals surface area contributed by atoms with E-state index in [4.69, 9.17) is 11.6 Å². The van der Waals surface area contributed by atoms with E-state index >= 15 is 0 Å². The third-order valence-corrected chi connectivity index (χ3v) is 3.20. The van der Waals surface area contributed by atoms with Crippen LogP contribution in [-0.4, -0.2) is 17.5 Å². The van der Waals surface area contributed by atoms with Gasteiger partial charge in [0.2, 0.25) is 0 Å². The molecule has 1 saturated heterocycles. The number of halogens is 1. The molecule has 17 heavy (non-hydrogen) atoms. The van der Waals surface area contributed by atoms with Gasteiger partial charge in [-0.05, 0) is 37.5 Å². The molecule has 3 amide bonds. The van der Waals surface area contributed by atoms with Crippen LogP contribution in [0.1, 0.15) is 18.9 Å². The van der Waals surface area contributed by atoms with Crippen LogP contribution in [0.3, 0.4) is 0 Å². The Balaban J connectivity index is 2.00. The lowest BCUT2D eigenvalue weighted by Crippen LogP contribution is -2.43. The van der Waals surface area contributed by atoms with Crippen molar-refractivity contribution < 1.29 is 9.59 Å². The molecule has 1 atom stereocenters. The fraction of sp³-hybridized carbons (Fsp3) is 0.333. The van der Waals surface area contributed by atoms with Gasteiger partial charge in [-0.15, -0.1) is 0 Å². The van der Waals surface area contributed by atoms with Gasteiger partial charge in [0.25, 0.3) is 5.91 Å². The molecule has 0 bridgehead atoms. The Labute approximate surface area is 104 Å². The second-order valence-electron chi connectivity index (χ2n) is 4.37. The summed E-state index contributed by atoms with van der Waals surface area (Å²) in [6.45, 7) is 1.73. The highest BCUT2D eigenvalue weighted by Gasteiger charge is 2.41. The maximum absolute atomic E-state index is 11.6. The Hall–Kier alpha value is -1.55. The summed E-state index contributed by atoms with van der Waals surface area (Å²) in [4.78, 5) is 22.6. The van der Waals surface area contributed by atoms with Gasteiger partial charge in [-0.25, -0.2) is 4.79 Å². The van der Waals surface area contributed by atoms with Gasteiger partial charge in [0.15, 0.2) is 0 Å². The Morgan fingerprint density at radius 2 is 1.88 bits per heavy atom. The minimum Gasteiger partial charge on any atom is -0.324 e. The van der Waals surface area contributed by atoms with Gasteiger partial charge >= 0.3 is 6.03 Å². The molecule has 2 rings (SSSR count). The van der Waals surface area contributed by atoms with Crippen molar-refractivity contribution in [3.63, 3.8) is 0 Å². The predicted octanol–water partition coefficient (Wildman–Crippen LogP) is 1.87. The second-order valence-corrected chi connectivity index (χ2v) is 4.80. The lowest BCUT2D eigenvalue weighted by atomic mass is 9.93. The first kappa shape index (κ1) is 11.9. The summed E-state index contributed by atoms with van der Waals surface area (Å²) in [5.74, 6) is -0.267. The van der Waals surface area contributed by atoms with Crippen LogP contribution in [0.2, 0.25) is 5.02 Å². The third kappa shape index (κ3) is 2.58. The van der Waals surface area contributed by atoms with Crippen LogP contribution in [0.15, 0.2) is 24.3 Å². The maximum atomic E-state index is 11.6. The van der Waals surface area contributed by atoms with Gasteiger partial charge in [0.1, 0.15) is 5.54 Å². The Kier molecular flexibility index (Phi) is 3.07. The van der Waals surface area contributed by atoms with Crippen LogP contribution < -0.4 is 10.6 Å². The highest BCUT2D eigenvalue weighted by Crippen LogP contribution is 2.19. The van der Waals surface area contributed by atoms with E-state index in [1.165, 1.54) is 0 Å². The maximum Gasteiger partial charge on any atom is 0.322 e. The van der Waals surface area contributed by atoms with E-state index in [2.05, 4.69) is 10.6 Å². The molecule has 0 radical (unpaired) electrons. The Bertz CT molecular complexity index is 458. The highest BCUT2D eigenvalue weighted by atomic mass is 35.5. The molecule has 4 nitrogen and oxygen atoms in total. The van der Waals surface area contributed by atoms with E-state index < -0.39 is 11.6 Å². The minimum atomic E-state index is -0.809. The van der Waals surface area contributed by atoms with Crippen LogP contribution in [0, 0.1) is 0 Å². The van der Waals surface area contributed by atoms with Gasteiger partial charge in [0.05, 0.1) is 0 Å². The number of rotatable bonds is 3. The van der Waals surface area contributed by atoms with Crippen LogP contribution in [-0.2, 0) is 11.2 Å². The molecule has 90 valence electrons. The number of carbonyl (C=O) groups is 2. The van der Waals surface area contributed by atoms with Crippen molar-refractivity contribution in [2.24, 2.45) is 0 Å². The molecule has 0 aromatic heterocycles. The first-order valence-electron chi connectivity index (χ1n) is 5.38. The lowest BCUT2D eigenvalue weighted by molar-refractivity contribution is -0.123. The van der Waals surface area contributed by atoms with E-state index in [-0.39, 0.29) is 5.91 Å². The first-order chi connectivity index (χ1) is 7.99. The van der Waals surface area contributed by atoms with Crippen LogP contribution >= 0.6 is 11.6 Å². The Morgan fingerprint density at radius 3 is 2.41 bits per heavy atom. The number of imide groups is 1. The van der Waals surface area contributed by atoms with E-state index in [1.54, 1.807) is 6.92 Å². The molecular formula is C12H13ClN2O2. The van der Waals surface area contributed by atoms with E-state index in [0.717, 1.165) is 5.56 Å². The number of nitrogens with one attached hydrogen (secondary N) is 2. The second kappa shape index (κ2) is 4.37. The molecule has 5 heteroatoms. The van der Waals surface area contributed by atoms with E-state index in [9.17, 15) is 9.59 Å². The van der Waals surface area contributed by atoms with Gasteiger partial charge in [-0.2, -0.15) is 0 Å². The van der Waals surface area contributed by atoms with Crippen molar-refractivity contribution in [3.05, 3.63) is 34.9 Å². The summed E-state index contributed by atoms with van der Waals surface area (Å²) in [6.07, 6.45) is 1.27. The normalized spacial score (nSPS) is 23.4. The van der Waals surface area contributed by atoms with E-state index in [0.29, 0.717) is 17.9 Å². The lowest BCUT2D eigenvalue weighted by Gasteiger charge is -2.20. The number of benzene rings is 1. The van der Waals surface area contributed by atoms with Crippen molar-refractivity contribution in [2.75, 3.05) is 0 Å². The number of amides is 3. The summed E-state index contributed by atoms with van der Waals surface area (Å²) in [5.41, 5.74) is 0.279. The van der Waals surface area contributed by atoms with Gasteiger partial charge in [-0.1, -0.05) is 23.7 Å². The molecule has 1 aromatic carbocycles. The monoisotopic (exact) mass is 252 g/mol. The summed E-state index contributed by atoms with van der Waals surface area (Å²) in [6, 6.07) is 7.04. The van der Waals surface area contributed by atoms with Crippen LogP contribution in [0.4, 0.5) is 4.79 Å². The van der Waals surface area contributed by atoms with Crippen molar-refractivity contribution in [2.45, 2.75) is 25.3 Å². The summed E-state index contributed by atoms with van der Waals surface area (Å²) in [5, 5.41) is 5.57. The van der Waals surface area contributed by atoms with Crippen molar-refractivity contribution in [3.8, 4) is 0 Å². The highest BCUT2D eigenvalue weighted by molar-refractivity contribution is 6.30. The average Bonchev–Trinajstić information content (AvgIpc) is 2.52. The number of hydrogen-bond acceptors (Lipinski definition) is 2. The SMILES string of the molecule is CC1(CCc2ccc(Cl)cc2)NC(=O)NC1=O. The fourth-order valence-corrected chi connectivity index (χ4v) is 1.93. The van der Waals surface area contributed by atoms with Gasteiger partial charge < -0.3 is 5.32 Å². The van der Waals surface area contributed by atoms with Crippen molar-refractivity contribution >= 4 is 23.5 Å². The molecule has 0 aliphatic carbocycles. The van der Waals surface area contributed by atoms with E-state index in [1.807, 2.05) is 24.3 Å². The number of hydrogen-bond donors (Lipinski definition) is 2. The first-order valence-corrected chi connectivity index (χ1v) is 5.75. The molecule has 1 unspecified atom stereocenters. The molecule has 1 fully saturated rings. The molecule has 1 aliphatic rings. The zero-order chi connectivity index (χ0) is 12.5. The summed E-state index contributed by atoms with van der Waals surface area (Å²) < 4.78 is 0. The predicted molar refractivity (Wildman–Crippen MR) is 64.9 cm³/mol. The number of urea groups is 1. The molecule has 2 N–H and O–H groups in total. The largest absolute Gasteiger partial charge is 0.324 e. The van der Waals surface area contributed by atoms with Crippen molar-refractivity contribution in [1.29, 1.82) is 0 Å². The smallest absolute Gasteiger partial charge is 0.322 e. The molecule has 1 heterocycles. The minimum absolute atomic E-state index is 0.267. The fourth-order valence-electron chi connectivity index (χ4n) is 1.80. The number of carbonyl (C=O) groups excluding carboxylic acids is 2. The summed E-state index contributed by atoms with van der Waals surface area (Å²) in [7, 11) is 0. The van der Waals surface area contributed by atoms with Gasteiger partial charge in [0, 0.05) is 5.02 Å². The third-order valence-electron chi connectivity index (χ3n) is 2.94. The molecule has 0 spiro atoms. The average molecular weight is 253 g/mol. The molecular weight excluding hydrogens is 240 g/mol. The van der Waals surface area contributed by atoms with Gasteiger partial charge in [-0.3, -0.25) is 10.1 Å². The van der Waals surface area contributed by atoms with Crippen molar-refractivity contribution in [1.82, 2.24) is 10.6 Å². The zero-order valence-electron chi connectivity index (χ0n) is 9.42. The summed E-state index contributed by atoms with van der Waals surface area (Å²) >= 11 is 5.79. The van der Waals surface area contributed by atoms with Crippen LogP contribution in [0.25, 0.3) is 0 Å². The topological polar surface area (TPSA) is 58.2 Å².